The Morgan fingerprint density at radius 2 is 1.93 bits per heavy atom. The summed E-state index contributed by atoms with van der Waals surface area (Å²) in [5.41, 5.74) is 2.69. The second-order valence-electron chi connectivity index (χ2n) is 3.38. The van der Waals surface area contributed by atoms with Gasteiger partial charge in [-0.3, -0.25) is 4.98 Å². The number of nitrogens with zero attached hydrogens (tertiary/aromatic N) is 3. The molecule has 2 rings (SSSR count). The fourth-order valence-corrected chi connectivity index (χ4v) is 1.48. The lowest BCUT2D eigenvalue weighted by atomic mass is 10.2. The van der Waals surface area contributed by atoms with Crippen molar-refractivity contribution < 1.29 is 0 Å². The summed E-state index contributed by atoms with van der Waals surface area (Å²) in [4.78, 5) is 12.6. The topological polar surface area (TPSA) is 38.7 Å². The van der Waals surface area contributed by atoms with E-state index in [9.17, 15) is 0 Å². The van der Waals surface area contributed by atoms with E-state index in [1.165, 1.54) is 0 Å². The van der Waals surface area contributed by atoms with Crippen LogP contribution in [-0.2, 0) is 0 Å². The normalized spacial score (nSPS) is 10.3. The molecular weight excluding hydrogens is 210 g/mol. The average molecular weight is 220 g/mol. The quantitative estimate of drug-likeness (QED) is 0.693. The zero-order valence-electron chi connectivity index (χ0n) is 8.53. The van der Waals surface area contributed by atoms with Gasteiger partial charge in [0.05, 0.1) is 0 Å². The van der Waals surface area contributed by atoms with Gasteiger partial charge >= 0.3 is 0 Å². The van der Waals surface area contributed by atoms with Crippen LogP contribution in [0.4, 0.5) is 0 Å². The summed E-state index contributed by atoms with van der Waals surface area (Å²) in [5, 5.41) is 0.444. The van der Waals surface area contributed by atoms with Gasteiger partial charge in [0, 0.05) is 11.9 Å². The first-order valence-corrected chi connectivity index (χ1v) is 4.97. The van der Waals surface area contributed by atoms with Gasteiger partial charge in [0.2, 0.25) is 0 Å². The Morgan fingerprint density at radius 1 is 1.13 bits per heavy atom. The van der Waals surface area contributed by atoms with Gasteiger partial charge in [0.15, 0.2) is 5.82 Å². The first-order chi connectivity index (χ1) is 7.15. The highest BCUT2D eigenvalue weighted by Crippen LogP contribution is 2.15. The summed E-state index contributed by atoms with van der Waals surface area (Å²) >= 11 is 5.85. The maximum absolute atomic E-state index is 5.85. The molecule has 0 aliphatic heterocycles. The molecule has 2 aromatic heterocycles. The van der Waals surface area contributed by atoms with Crippen LogP contribution >= 0.6 is 11.6 Å². The van der Waals surface area contributed by atoms with Gasteiger partial charge in [-0.05, 0) is 31.5 Å². The lowest BCUT2D eigenvalue weighted by Crippen LogP contribution is -1.94. The molecule has 0 atom stereocenters. The zero-order valence-corrected chi connectivity index (χ0v) is 9.28. The molecule has 15 heavy (non-hydrogen) atoms. The molecular formula is C11H10ClN3. The molecule has 0 saturated heterocycles. The highest BCUT2D eigenvalue weighted by Gasteiger charge is 2.04. The average Bonchev–Trinajstić information content (AvgIpc) is 2.17. The molecule has 0 aliphatic carbocycles. The van der Waals surface area contributed by atoms with E-state index in [0.29, 0.717) is 11.0 Å². The molecule has 0 spiro atoms. The molecule has 0 saturated carbocycles. The van der Waals surface area contributed by atoms with E-state index in [2.05, 4.69) is 15.0 Å². The molecule has 76 valence electrons. The van der Waals surface area contributed by atoms with Crippen molar-refractivity contribution in [1.82, 2.24) is 15.0 Å². The largest absolute Gasteiger partial charge is 0.253 e. The van der Waals surface area contributed by atoms with Crippen molar-refractivity contribution in [2.75, 3.05) is 0 Å². The fourth-order valence-electron chi connectivity index (χ4n) is 1.24. The maximum atomic E-state index is 5.85. The van der Waals surface area contributed by atoms with Crippen molar-refractivity contribution in [1.29, 1.82) is 0 Å². The van der Waals surface area contributed by atoms with Gasteiger partial charge in [0.25, 0.3) is 0 Å². The summed E-state index contributed by atoms with van der Waals surface area (Å²) in [6, 6.07) is 5.58. The molecule has 0 aliphatic rings. The number of rotatable bonds is 1. The van der Waals surface area contributed by atoms with Gasteiger partial charge in [-0.15, -0.1) is 0 Å². The standard InChI is InChI=1S/C11H10ClN3/c1-7-3-4-9(13-6-7)11-14-8(2)5-10(12)15-11/h3-6H,1-2H3. The second kappa shape index (κ2) is 3.95. The van der Waals surface area contributed by atoms with Crippen LogP contribution < -0.4 is 0 Å². The molecule has 0 bridgehead atoms. The second-order valence-corrected chi connectivity index (χ2v) is 3.76. The maximum Gasteiger partial charge on any atom is 0.179 e. The highest BCUT2D eigenvalue weighted by atomic mass is 35.5. The van der Waals surface area contributed by atoms with Crippen molar-refractivity contribution >= 4 is 11.6 Å². The fraction of sp³-hybridized carbons (Fsp3) is 0.182. The Hall–Kier alpha value is -1.48. The van der Waals surface area contributed by atoms with E-state index in [1.54, 1.807) is 12.3 Å². The molecule has 0 amide bonds. The predicted octanol–water partition coefficient (Wildman–Crippen LogP) is 2.81. The SMILES string of the molecule is Cc1ccc(-c2nc(C)cc(Cl)n2)nc1. The molecule has 0 radical (unpaired) electrons. The Balaban J connectivity index is 2.49. The Labute approximate surface area is 93.2 Å². The third-order valence-electron chi connectivity index (χ3n) is 1.96. The van der Waals surface area contributed by atoms with Crippen LogP contribution in [0, 0.1) is 13.8 Å². The summed E-state index contributed by atoms with van der Waals surface area (Å²) in [6.45, 7) is 3.87. The van der Waals surface area contributed by atoms with Gasteiger partial charge in [-0.25, -0.2) is 9.97 Å². The lowest BCUT2D eigenvalue weighted by Gasteiger charge is -2.01. The number of hydrogen-bond donors (Lipinski definition) is 0. The van der Waals surface area contributed by atoms with Crippen LogP contribution in [0.25, 0.3) is 11.5 Å². The Morgan fingerprint density at radius 3 is 2.53 bits per heavy atom. The van der Waals surface area contributed by atoms with Gasteiger partial charge < -0.3 is 0 Å². The van der Waals surface area contributed by atoms with Gasteiger partial charge in [0.1, 0.15) is 10.8 Å². The van der Waals surface area contributed by atoms with Crippen molar-refractivity contribution in [2.45, 2.75) is 13.8 Å². The van der Waals surface area contributed by atoms with E-state index in [4.69, 9.17) is 11.6 Å². The minimum atomic E-state index is 0.444. The van der Waals surface area contributed by atoms with E-state index in [-0.39, 0.29) is 0 Å². The first kappa shape index (κ1) is 10.1. The zero-order chi connectivity index (χ0) is 10.8. The van der Waals surface area contributed by atoms with E-state index in [1.807, 2.05) is 26.0 Å². The lowest BCUT2D eigenvalue weighted by molar-refractivity contribution is 1.09. The summed E-state index contributed by atoms with van der Waals surface area (Å²) in [5.74, 6) is 0.569. The van der Waals surface area contributed by atoms with Crippen molar-refractivity contribution in [3.8, 4) is 11.5 Å². The third kappa shape index (κ3) is 2.30. The van der Waals surface area contributed by atoms with Crippen molar-refractivity contribution in [3.05, 3.63) is 40.8 Å². The van der Waals surface area contributed by atoms with Crippen LogP contribution in [0.1, 0.15) is 11.3 Å². The van der Waals surface area contributed by atoms with Gasteiger partial charge in [-0.1, -0.05) is 17.7 Å². The van der Waals surface area contributed by atoms with Gasteiger partial charge in [-0.2, -0.15) is 0 Å². The van der Waals surface area contributed by atoms with Crippen LogP contribution in [0.2, 0.25) is 5.15 Å². The van der Waals surface area contributed by atoms with E-state index >= 15 is 0 Å². The molecule has 2 aromatic rings. The monoisotopic (exact) mass is 219 g/mol. The summed E-state index contributed by atoms with van der Waals surface area (Å²) in [7, 11) is 0. The molecule has 0 unspecified atom stereocenters. The molecule has 0 fully saturated rings. The minimum absolute atomic E-state index is 0.444. The van der Waals surface area contributed by atoms with E-state index < -0.39 is 0 Å². The van der Waals surface area contributed by atoms with Crippen LogP contribution in [0.15, 0.2) is 24.4 Å². The smallest absolute Gasteiger partial charge is 0.179 e. The molecule has 3 nitrogen and oxygen atoms in total. The van der Waals surface area contributed by atoms with Crippen LogP contribution in [-0.4, -0.2) is 15.0 Å². The number of halogens is 1. The first-order valence-electron chi connectivity index (χ1n) is 4.59. The Kier molecular flexibility index (Phi) is 2.64. The van der Waals surface area contributed by atoms with Crippen LogP contribution in [0.5, 0.6) is 0 Å². The van der Waals surface area contributed by atoms with Crippen molar-refractivity contribution in [3.63, 3.8) is 0 Å². The predicted molar refractivity (Wildman–Crippen MR) is 59.7 cm³/mol. The summed E-state index contributed by atoms with van der Waals surface area (Å²) < 4.78 is 0. The number of pyridine rings is 1. The van der Waals surface area contributed by atoms with E-state index in [0.717, 1.165) is 17.0 Å². The number of aryl methyl sites for hydroxylation is 2. The minimum Gasteiger partial charge on any atom is -0.253 e. The molecule has 0 N–H and O–H groups in total. The highest BCUT2D eigenvalue weighted by molar-refractivity contribution is 6.29. The number of aromatic nitrogens is 3. The summed E-state index contributed by atoms with van der Waals surface area (Å²) in [6.07, 6.45) is 1.79. The molecule has 2 heterocycles. The Bertz CT molecular complexity index is 459. The number of hydrogen-bond acceptors (Lipinski definition) is 3. The third-order valence-corrected chi connectivity index (χ3v) is 2.16. The van der Waals surface area contributed by atoms with Crippen molar-refractivity contribution in [2.24, 2.45) is 0 Å². The molecule has 4 heteroatoms. The van der Waals surface area contributed by atoms with Crippen LogP contribution in [0.3, 0.4) is 0 Å². The molecule has 0 aromatic carbocycles.